The van der Waals surface area contributed by atoms with Gasteiger partial charge < -0.3 is 29.0 Å². The van der Waals surface area contributed by atoms with Crippen molar-refractivity contribution in [2.24, 2.45) is 10.8 Å². The van der Waals surface area contributed by atoms with Crippen LogP contribution in [-0.4, -0.2) is 74.4 Å². The Morgan fingerprint density at radius 1 is 0.550 bits per heavy atom. The zero-order valence-corrected chi connectivity index (χ0v) is 34.1. The molecular formula is C40H51F10NO9. The lowest BCUT2D eigenvalue weighted by Crippen LogP contribution is -2.29. The Morgan fingerprint density at radius 3 is 1.28 bits per heavy atom. The Bertz CT molecular complexity index is 1520. The Hall–Kier alpha value is -4.78. The van der Waals surface area contributed by atoms with E-state index in [2.05, 4.69) is 14.8 Å². The van der Waals surface area contributed by atoms with E-state index in [1.165, 1.54) is 36.4 Å². The first-order valence-corrected chi connectivity index (χ1v) is 18.7. The van der Waals surface area contributed by atoms with E-state index in [-0.39, 0.29) is 17.6 Å². The van der Waals surface area contributed by atoms with E-state index in [0.717, 1.165) is 0 Å². The summed E-state index contributed by atoms with van der Waals surface area (Å²) in [6.07, 6.45) is -16.0. The normalized spacial score (nSPS) is 12.4. The minimum Gasteiger partial charge on any atom is -0.482 e. The first kappa shape index (κ1) is 53.2. The number of halogens is 10. The van der Waals surface area contributed by atoms with Crippen LogP contribution >= 0.6 is 0 Å². The van der Waals surface area contributed by atoms with Crippen LogP contribution in [0.1, 0.15) is 92.9 Å². The maximum Gasteiger partial charge on any atom is 0.394 e. The summed E-state index contributed by atoms with van der Waals surface area (Å²) in [4.78, 5) is 47.2. The van der Waals surface area contributed by atoms with Crippen molar-refractivity contribution in [3.63, 3.8) is 0 Å². The van der Waals surface area contributed by atoms with Gasteiger partial charge in [0.05, 0.1) is 18.6 Å². The van der Waals surface area contributed by atoms with Crippen LogP contribution in [0.3, 0.4) is 0 Å². The molecule has 340 valence electrons. The maximum absolute atomic E-state index is 13.1. The molecule has 10 nitrogen and oxygen atoms in total. The standard InChI is InChI=1S/C20H26F5NO4.C20H25F5O5/c1-4-18(2,3)17(28)26-14-6-8-15(9-7-14)30-12-16(27)29-11-5-10-19(21,22)13-20(23,24)25;1-4-18(2,3)17(27)30-15-8-6-14(7-9-15)29-12-16(26)28-11-5-10-19(21,22)13-20(23,24)25/h6-9H,4-5,10-13H2,1-3H3,(H,26,28);6-9H,4-5,10-13H2,1-3H3. The van der Waals surface area contributed by atoms with Crippen LogP contribution in [-0.2, 0) is 28.7 Å². The number of carbonyl (C=O) groups excluding carboxylic acids is 4. The average molecular weight is 880 g/mol. The first-order chi connectivity index (χ1) is 27.5. The largest absolute Gasteiger partial charge is 0.482 e. The van der Waals surface area contributed by atoms with Gasteiger partial charge in [0.1, 0.15) is 30.1 Å². The number of hydrogen-bond donors (Lipinski definition) is 1. The van der Waals surface area contributed by atoms with Gasteiger partial charge in [-0.05, 0) is 88.1 Å². The lowest BCUT2D eigenvalue weighted by Gasteiger charge is -2.21. The molecule has 0 aliphatic heterocycles. The van der Waals surface area contributed by atoms with Gasteiger partial charge in [0.25, 0.3) is 11.8 Å². The van der Waals surface area contributed by atoms with Gasteiger partial charge in [0.2, 0.25) is 5.91 Å². The summed E-state index contributed by atoms with van der Waals surface area (Å²) >= 11 is 0. The van der Waals surface area contributed by atoms with Crippen molar-refractivity contribution >= 4 is 29.5 Å². The van der Waals surface area contributed by atoms with Crippen LogP contribution in [0.5, 0.6) is 17.2 Å². The van der Waals surface area contributed by atoms with Crippen LogP contribution in [0, 0.1) is 10.8 Å². The third-order valence-corrected chi connectivity index (χ3v) is 8.61. The summed E-state index contributed by atoms with van der Waals surface area (Å²) in [5, 5.41) is 2.77. The van der Waals surface area contributed by atoms with Gasteiger partial charge in [-0.2, -0.15) is 26.3 Å². The molecule has 0 radical (unpaired) electrons. The van der Waals surface area contributed by atoms with Gasteiger partial charge in [-0.1, -0.05) is 27.7 Å². The molecule has 2 aromatic carbocycles. The molecule has 2 rings (SSSR count). The van der Waals surface area contributed by atoms with Crippen molar-refractivity contribution in [3.05, 3.63) is 48.5 Å². The number of alkyl halides is 10. The second kappa shape index (κ2) is 23.3. The minimum absolute atomic E-state index is 0.136. The van der Waals surface area contributed by atoms with Crippen LogP contribution in [0.4, 0.5) is 49.6 Å². The van der Waals surface area contributed by atoms with Crippen molar-refractivity contribution in [2.45, 2.75) is 117 Å². The lowest BCUT2D eigenvalue weighted by atomic mass is 9.89. The minimum atomic E-state index is -4.96. The lowest BCUT2D eigenvalue weighted by molar-refractivity contribution is -0.191. The Balaban J connectivity index is 0.000000600. The topological polar surface area (TPSA) is 126 Å². The van der Waals surface area contributed by atoms with Gasteiger partial charge in [-0.15, -0.1) is 0 Å². The number of carbonyl (C=O) groups is 4. The predicted molar refractivity (Wildman–Crippen MR) is 198 cm³/mol. The average Bonchev–Trinajstić information content (AvgIpc) is 3.12. The van der Waals surface area contributed by atoms with Crippen LogP contribution in [0.15, 0.2) is 48.5 Å². The molecule has 0 aliphatic rings. The summed E-state index contributed by atoms with van der Waals surface area (Å²) in [7, 11) is 0. The highest BCUT2D eigenvalue weighted by Gasteiger charge is 2.44. The molecular weight excluding hydrogens is 828 g/mol. The molecule has 0 fully saturated rings. The number of benzene rings is 2. The molecule has 0 aliphatic carbocycles. The van der Waals surface area contributed by atoms with Crippen molar-refractivity contribution in [2.75, 3.05) is 31.7 Å². The highest BCUT2D eigenvalue weighted by atomic mass is 19.4. The molecule has 0 saturated heterocycles. The predicted octanol–water partition coefficient (Wildman–Crippen LogP) is 10.7. The number of ether oxygens (including phenoxy) is 5. The highest BCUT2D eigenvalue weighted by molar-refractivity contribution is 5.94. The van der Waals surface area contributed by atoms with E-state index in [9.17, 15) is 63.1 Å². The highest BCUT2D eigenvalue weighted by Crippen LogP contribution is 2.36. The molecule has 60 heavy (non-hydrogen) atoms. The Kier molecular flexibility index (Phi) is 20.7. The third kappa shape index (κ3) is 23.1. The fourth-order valence-electron chi connectivity index (χ4n) is 4.25. The van der Waals surface area contributed by atoms with Crippen molar-refractivity contribution in [1.29, 1.82) is 0 Å². The second-order valence-corrected chi connectivity index (χ2v) is 14.8. The summed E-state index contributed by atoms with van der Waals surface area (Å²) in [5.41, 5.74) is -0.595. The number of amides is 1. The summed E-state index contributed by atoms with van der Waals surface area (Å²) in [6.45, 7) is 9.05. The number of nitrogens with one attached hydrogen (secondary N) is 1. The Morgan fingerprint density at radius 2 is 0.917 bits per heavy atom. The quantitative estimate of drug-likeness (QED) is 0.0532. The fraction of sp³-hybridized carbons (Fsp3) is 0.600. The fourth-order valence-corrected chi connectivity index (χ4v) is 4.25. The van der Waals surface area contributed by atoms with E-state index in [4.69, 9.17) is 14.2 Å². The van der Waals surface area contributed by atoms with Gasteiger partial charge >= 0.3 is 30.3 Å². The molecule has 1 amide bonds. The van der Waals surface area contributed by atoms with E-state index in [1.54, 1.807) is 26.0 Å². The van der Waals surface area contributed by atoms with E-state index in [1.807, 2.05) is 27.7 Å². The third-order valence-electron chi connectivity index (χ3n) is 8.61. The van der Waals surface area contributed by atoms with Crippen molar-refractivity contribution in [1.82, 2.24) is 0 Å². The van der Waals surface area contributed by atoms with E-state index < -0.39 is 112 Å². The Labute approximate surface area is 341 Å². The molecule has 20 heteroatoms. The summed E-state index contributed by atoms with van der Waals surface area (Å²) < 4.78 is 149. The summed E-state index contributed by atoms with van der Waals surface area (Å²) in [5.74, 6) is -9.12. The number of anilines is 1. The number of rotatable bonds is 22. The van der Waals surface area contributed by atoms with Crippen molar-refractivity contribution < 1.29 is 86.8 Å². The smallest absolute Gasteiger partial charge is 0.394 e. The number of esters is 3. The molecule has 0 spiro atoms. The molecule has 0 unspecified atom stereocenters. The van der Waals surface area contributed by atoms with Gasteiger partial charge in [-0.3, -0.25) is 9.59 Å². The second-order valence-electron chi connectivity index (χ2n) is 14.8. The van der Waals surface area contributed by atoms with Crippen LogP contribution < -0.4 is 19.5 Å². The first-order valence-electron chi connectivity index (χ1n) is 18.7. The van der Waals surface area contributed by atoms with E-state index >= 15 is 0 Å². The SMILES string of the molecule is CCC(C)(C)C(=O)Nc1ccc(OCC(=O)OCCCC(F)(F)CC(F)(F)F)cc1.CCC(C)(C)C(=O)Oc1ccc(OCC(=O)OCCCC(F)(F)CC(F)(F)F)cc1. The molecule has 0 saturated carbocycles. The zero-order valence-electron chi connectivity index (χ0n) is 34.1. The van der Waals surface area contributed by atoms with Gasteiger partial charge in [-0.25, -0.2) is 27.2 Å². The van der Waals surface area contributed by atoms with Crippen molar-refractivity contribution in [3.8, 4) is 17.2 Å². The van der Waals surface area contributed by atoms with Crippen LogP contribution in [0.2, 0.25) is 0 Å². The molecule has 0 bridgehead atoms. The van der Waals surface area contributed by atoms with Crippen LogP contribution in [0.25, 0.3) is 0 Å². The molecule has 2 aromatic rings. The summed E-state index contributed by atoms with van der Waals surface area (Å²) in [6, 6.07) is 12.1. The van der Waals surface area contributed by atoms with Gasteiger partial charge in [0.15, 0.2) is 13.2 Å². The monoisotopic (exact) mass is 879 g/mol. The molecule has 0 atom stereocenters. The van der Waals surface area contributed by atoms with Gasteiger partial charge in [0, 0.05) is 23.9 Å². The molecule has 0 aromatic heterocycles. The molecule has 0 heterocycles. The molecule has 1 N–H and O–H groups in total. The zero-order chi connectivity index (χ0) is 46.0. The maximum atomic E-state index is 13.1. The number of hydrogen-bond acceptors (Lipinski definition) is 9. The van der Waals surface area contributed by atoms with E-state index in [0.29, 0.717) is 30.0 Å².